The summed E-state index contributed by atoms with van der Waals surface area (Å²) in [5.41, 5.74) is 0. The van der Waals surface area contributed by atoms with Gasteiger partial charge in [-0.1, -0.05) is 18.2 Å². The van der Waals surface area contributed by atoms with Crippen molar-refractivity contribution in [2.24, 2.45) is 0 Å². The average Bonchev–Trinajstić information content (AvgIpc) is 2.81. The Morgan fingerprint density at radius 2 is 1.61 bits per heavy atom. The first-order valence-electron chi connectivity index (χ1n) is 7.47. The number of aliphatic hydroxyl groups is 1. The number of aliphatic hydroxyl groups excluding tert-OH is 1. The lowest BCUT2D eigenvalue weighted by Crippen LogP contribution is -2.54. The molecule has 0 bridgehead atoms. The Labute approximate surface area is 136 Å². The Hall–Kier alpha value is -1.00. The van der Waals surface area contributed by atoms with Crippen molar-refractivity contribution >= 4 is 19.9 Å². The number of nitrogens with zero attached hydrogens (tertiary/aromatic N) is 2. The minimum Gasteiger partial charge on any atom is -0.390 e. The van der Waals surface area contributed by atoms with Gasteiger partial charge in [-0.2, -0.15) is 4.31 Å². The molecule has 2 aliphatic rings. The average molecular weight is 360 g/mol. The third-order valence-corrected chi connectivity index (χ3v) is 8.03. The van der Waals surface area contributed by atoms with Gasteiger partial charge in [-0.3, -0.25) is 4.90 Å². The summed E-state index contributed by atoms with van der Waals surface area (Å²) >= 11 is 0. The molecule has 2 aliphatic heterocycles. The summed E-state index contributed by atoms with van der Waals surface area (Å²) < 4.78 is 49.7. The number of rotatable bonds is 3. The summed E-state index contributed by atoms with van der Waals surface area (Å²) in [4.78, 5) is 2.14. The van der Waals surface area contributed by atoms with E-state index in [1.54, 1.807) is 30.3 Å². The number of sulfonamides is 1. The van der Waals surface area contributed by atoms with Crippen molar-refractivity contribution in [2.75, 3.05) is 37.7 Å². The van der Waals surface area contributed by atoms with E-state index < -0.39 is 32.0 Å². The fourth-order valence-electron chi connectivity index (χ4n) is 3.18. The second-order valence-corrected chi connectivity index (χ2v) is 10.1. The molecule has 1 aromatic rings. The van der Waals surface area contributed by atoms with Gasteiger partial charge in [-0.25, -0.2) is 16.8 Å². The molecule has 2 atom stereocenters. The predicted octanol–water partition coefficient (Wildman–Crippen LogP) is -0.849. The van der Waals surface area contributed by atoms with Gasteiger partial charge >= 0.3 is 0 Å². The SMILES string of the molecule is O=S1(=O)CC(N2CCN(S(=O)(=O)c3ccccc3)CC2)[C@H](O)C1. The zero-order valence-corrected chi connectivity index (χ0v) is 14.2. The van der Waals surface area contributed by atoms with Crippen LogP contribution in [-0.2, 0) is 19.9 Å². The zero-order chi connectivity index (χ0) is 16.7. The van der Waals surface area contributed by atoms with Crippen molar-refractivity contribution in [1.82, 2.24) is 9.21 Å². The van der Waals surface area contributed by atoms with Crippen LogP contribution in [0.4, 0.5) is 0 Å². The van der Waals surface area contributed by atoms with Crippen LogP contribution in [0.5, 0.6) is 0 Å². The molecule has 23 heavy (non-hydrogen) atoms. The first-order valence-corrected chi connectivity index (χ1v) is 10.7. The number of hydrogen-bond acceptors (Lipinski definition) is 6. The van der Waals surface area contributed by atoms with Crippen LogP contribution in [0.15, 0.2) is 35.2 Å². The van der Waals surface area contributed by atoms with Gasteiger partial charge in [0.05, 0.1) is 28.5 Å². The lowest BCUT2D eigenvalue weighted by Gasteiger charge is -2.37. The highest BCUT2D eigenvalue weighted by molar-refractivity contribution is 7.91. The van der Waals surface area contributed by atoms with Crippen molar-refractivity contribution in [3.63, 3.8) is 0 Å². The summed E-state index contributed by atoms with van der Waals surface area (Å²) in [6, 6.07) is 7.83. The molecule has 0 spiro atoms. The molecule has 2 fully saturated rings. The van der Waals surface area contributed by atoms with E-state index in [0.29, 0.717) is 26.2 Å². The third kappa shape index (κ3) is 3.43. The number of benzene rings is 1. The van der Waals surface area contributed by atoms with E-state index in [2.05, 4.69) is 0 Å². The monoisotopic (exact) mass is 360 g/mol. The predicted molar refractivity (Wildman–Crippen MR) is 85.2 cm³/mol. The fourth-order valence-corrected chi connectivity index (χ4v) is 6.45. The largest absolute Gasteiger partial charge is 0.390 e. The highest BCUT2D eigenvalue weighted by Crippen LogP contribution is 2.22. The lowest BCUT2D eigenvalue weighted by molar-refractivity contribution is 0.0618. The van der Waals surface area contributed by atoms with Crippen molar-refractivity contribution in [3.8, 4) is 0 Å². The van der Waals surface area contributed by atoms with Gasteiger partial charge in [0.15, 0.2) is 9.84 Å². The van der Waals surface area contributed by atoms with Crippen molar-refractivity contribution < 1.29 is 21.9 Å². The Bertz CT molecular complexity index is 756. The Kier molecular flexibility index (Phi) is 4.49. The minimum atomic E-state index is -3.52. The summed E-state index contributed by atoms with van der Waals surface area (Å²) in [5.74, 6) is -0.264. The van der Waals surface area contributed by atoms with Crippen molar-refractivity contribution in [1.29, 1.82) is 0 Å². The standard InChI is InChI=1S/C14H20N2O5S2/c17-14-11-22(18,19)10-13(14)15-6-8-16(9-7-15)23(20,21)12-4-2-1-3-5-12/h1-5,13-14,17H,6-11H2/t13?,14-/m1/s1. The van der Waals surface area contributed by atoms with Gasteiger partial charge in [-0.05, 0) is 12.1 Å². The van der Waals surface area contributed by atoms with E-state index in [4.69, 9.17) is 0 Å². The normalized spacial score (nSPS) is 29.6. The minimum absolute atomic E-state index is 0.0560. The van der Waals surface area contributed by atoms with Gasteiger partial charge in [-0.15, -0.1) is 0 Å². The van der Waals surface area contributed by atoms with Crippen LogP contribution in [-0.4, -0.2) is 81.0 Å². The maximum atomic E-state index is 12.5. The molecule has 0 radical (unpaired) electrons. The maximum Gasteiger partial charge on any atom is 0.243 e. The summed E-state index contributed by atoms with van der Waals surface area (Å²) in [7, 11) is -6.72. The summed E-state index contributed by atoms with van der Waals surface area (Å²) in [6.07, 6.45) is -0.891. The Morgan fingerprint density at radius 1 is 1.00 bits per heavy atom. The van der Waals surface area contributed by atoms with Gasteiger partial charge in [0.25, 0.3) is 0 Å². The topological polar surface area (TPSA) is 95.0 Å². The summed E-state index contributed by atoms with van der Waals surface area (Å²) in [6.45, 7) is 1.42. The smallest absolute Gasteiger partial charge is 0.243 e. The first kappa shape index (κ1) is 16.8. The quantitative estimate of drug-likeness (QED) is 0.755. The number of piperazine rings is 1. The lowest BCUT2D eigenvalue weighted by atomic mass is 10.1. The number of sulfone groups is 1. The van der Waals surface area contributed by atoms with Crippen molar-refractivity contribution in [3.05, 3.63) is 30.3 Å². The molecule has 7 nitrogen and oxygen atoms in total. The highest BCUT2D eigenvalue weighted by Gasteiger charge is 2.41. The molecule has 1 N–H and O–H groups in total. The molecule has 128 valence electrons. The summed E-state index contributed by atoms with van der Waals surface area (Å²) in [5, 5.41) is 9.93. The highest BCUT2D eigenvalue weighted by atomic mass is 32.2. The molecule has 1 aromatic carbocycles. The molecular weight excluding hydrogens is 340 g/mol. The Balaban J connectivity index is 1.67. The van der Waals surface area contributed by atoms with E-state index in [-0.39, 0.29) is 16.4 Å². The van der Waals surface area contributed by atoms with Crippen LogP contribution in [0.3, 0.4) is 0 Å². The molecular formula is C14H20N2O5S2. The van der Waals surface area contributed by atoms with Gasteiger partial charge in [0.1, 0.15) is 0 Å². The van der Waals surface area contributed by atoms with Crippen LogP contribution >= 0.6 is 0 Å². The third-order valence-electron chi connectivity index (χ3n) is 4.42. The van der Waals surface area contributed by atoms with Gasteiger partial charge < -0.3 is 5.11 Å². The van der Waals surface area contributed by atoms with Gasteiger partial charge in [0.2, 0.25) is 10.0 Å². The van der Waals surface area contributed by atoms with Crippen LogP contribution in [0.2, 0.25) is 0 Å². The molecule has 2 heterocycles. The molecule has 3 rings (SSSR count). The van der Waals surface area contributed by atoms with E-state index in [9.17, 15) is 21.9 Å². The van der Waals surface area contributed by atoms with E-state index in [0.717, 1.165) is 0 Å². The van der Waals surface area contributed by atoms with Crippen LogP contribution < -0.4 is 0 Å². The molecule has 0 aromatic heterocycles. The fraction of sp³-hybridized carbons (Fsp3) is 0.571. The second-order valence-electron chi connectivity index (χ2n) is 5.96. The van der Waals surface area contributed by atoms with Crippen molar-refractivity contribution in [2.45, 2.75) is 17.0 Å². The molecule has 2 saturated heterocycles. The van der Waals surface area contributed by atoms with Crippen LogP contribution in [0.25, 0.3) is 0 Å². The Morgan fingerprint density at radius 3 is 2.13 bits per heavy atom. The van der Waals surface area contributed by atoms with E-state index >= 15 is 0 Å². The molecule has 0 amide bonds. The first-order chi connectivity index (χ1) is 10.8. The molecule has 0 aliphatic carbocycles. The van der Waals surface area contributed by atoms with Gasteiger partial charge in [0, 0.05) is 26.2 Å². The van der Waals surface area contributed by atoms with Crippen LogP contribution in [0, 0.1) is 0 Å². The maximum absolute atomic E-state index is 12.5. The number of hydrogen-bond donors (Lipinski definition) is 1. The zero-order valence-electron chi connectivity index (χ0n) is 12.6. The second kappa shape index (κ2) is 6.14. The molecule has 0 saturated carbocycles. The van der Waals surface area contributed by atoms with Crippen LogP contribution in [0.1, 0.15) is 0 Å². The van der Waals surface area contributed by atoms with E-state index in [1.165, 1.54) is 4.31 Å². The van der Waals surface area contributed by atoms with E-state index in [1.807, 2.05) is 4.90 Å². The molecule has 1 unspecified atom stereocenters. The molecule has 9 heteroatoms.